The van der Waals surface area contributed by atoms with Crippen molar-refractivity contribution in [1.82, 2.24) is 20.7 Å². The third-order valence-electron chi connectivity index (χ3n) is 4.77. The Balaban J connectivity index is 1.58. The van der Waals surface area contributed by atoms with Gasteiger partial charge in [0.15, 0.2) is 0 Å². The summed E-state index contributed by atoms with van der Waals surface area (Å²) in [7, 11) is 0. The van der Waals surface area contributed by atoms with Crippen LogP contribution in [0.2, 0.25) is 5.02 Å². The molecule has 2 fully saturated rings. The highest BCUT2D eigenvalue weighted by atomic mass is 35.5. The maximum absolute atomic E-state index is 13.0. The Bertz CT molecular complexity index is 681. The topological polar surface area (TPSA) is 73.9 Å². The lowest BCUT2D eigenvalue weighted by Gasteiger charge is -2.37. The second-order valence-corrected chi connectivity index (χ2v) is 8.39. The quantitative estimate of drug-likeness (QED) is 0.804. The van der Waals surface area contributed by atoms with Crippen molar-refractivity contribution in [2.45, 2.75) is 32.4 Å². The number of carbonyl (C=O) groups excluding carboxylic acids is 2. The number of nitrogens with zero attached hydrogens (tertiary/aromatic N) is 2. The fraction of sp³-hybridized carbons (Fsp3) is 0.579. The molecule has 27 heavy (non-hydrogen) atoms. The largest absolute Gasteiger partial charge is 0.444 e. The number of hydrogen-bond donors (Lipinski definition) is 2. The van der Waals surface area contributed by atoms with Crippen LogP contribution < -0.4 is 10.9 Å². The number of hydrazine groups is 1. The van der Waals surface area contributed by atoms with Crippen LogP contribution >= 0.6 is 11.6 Å². The number of amides is 2. The van der Waals surface area contributed by atoms with Crippen molar-refractivity contribution < 1.29 is 14.3 Å². The SMILES string of the molecule is CC(C)(C)OC(=O)N1CCN(C(=O)C2CNNC2c2ccc(Cl)cc2)CC1. The van der Waals surface area contributed by atoms with Crippen LogP contribution in [0.15, 0.2) is 24.3 Å². The van der Waals surface area contributed by atoms with Crippen LogP contribution in [0.5, 0.6) is 0 Å². The monoisotopic (exact) mass is 394 g/mol. The van der Waals surface area contributed by atoms with Gasteiger partial charge in [-0.1, -0.05) is 23.7 Å². The van der Waals surface area contributed by atoms with E-state index >= 15 is 0 Å². The first kappa shape index (κ1) is 19.9. The van der Waals surface area contributed by atoms with Crippen molar-refractivity contribution in [2.75, 3.05) is 32.7 Å². The Kier molecular flexibility index (Phi) is 5.93. The molecule has 2 N–H and O–H groups in total. The molecule has 0 aliphatic carbocycles. The van der Waals surface area contributed by atoms with Crippen molar-refractivity contribution in [3.05, 3.63) is 34.9 Å². The van der Waals surface area contributed by atoms with E-state index in [0.717, 1.165) is 5.56 Å². The maximum atomic E-state index is 13.0. The number of hydrogen-bond acceptors (Lipinski definition) is 5. The number of benzene rings is 1. The van der Waals surface area contributed by atoms with Gasteiger partial charge in [-0.3, -0.25) is 10.2 Å². The molecular weight excluding hydrogens is 368 g/mol. The summed E-state index contributed by atoms with van der Waals surface area (Å²) in [4.78, 5) is 28.7. The molecule has 2 aliphatic rings. The second-order valence-electron chi connectivity index (χ2n) is 7.95. The number of ether oxygens (including phenoxy) is 1. The van der Waals surface area contributed by atoms with E-state index in [2.05, 4.69) is 10.9 Å². The van der Waals surface area contributed by atoms with Crippen molar-refractivity contribution in [3.63, 3.8) is 0 Å². The molecule has 8 heteroatoms. The summed E-state index contributed by atoms with van der Waals surface area (Å²) < 4.78 is 5.41. The highest BCUT2D eigenvalue weighted by Crippen LogP contribution is 2.28. The van der Waals surface area contributed by atoms with Crippen molar-refractivity contribution in [1.29, 1.82) is 0 Å². The predicted octanol–water partition coefficient (Wildman–Crippen LogP) is 2.18. The van der Waals surface area contributed by atoms with E-state index in [1.54, 1.807) is 4.90 Å². The van der Waals surface area contributed by atoms with Gasteiger partial charge in [0.1, 0.15) is 5.60 Å². The molecule has 7 nitrogen and oxygen atoms in total. The van der Waals surface area contributed by atoms with Crippen molar-refractivity contribution >= 4 is 23.6 Å². The van der Waals surface area contributed by atoms with Gasteiger partial charge in [0, 0.05) is 37.7 Å². The summed E-state index contributed by atoms with van der Waals surface area (Å²) >= 11 is 5.96. The zero-order chi connectivity index (χ0) is 19.6. The van der Waals surface area contributed by atoms with E-state index in [1.807, 2.05) is 49.9 Å². The average molecular weight is 395 g/mol. The fourth-order valence-electron chi connectivity index (χ4n) is 3.38. The molecule has 2 heterocycles. The second kappa shape index (κ2) is 8.04. The van der Waals surface area contributed by atoms with Crippen molar-refractivity contribution in [3.8, 4) is 0 Å². The smallest absolute Gasteiger partial charge is 0.410 e. The molecule has 0 bridgehead atoms. The van der Waals surface area contributed by atoms with Crippen molar-refractivity contribution in [2.24, 2.45) is 5.92 Å². The highest BCUT2D eigenvalue weighted by Gasteiger charge is 2.38. The molecule has 148 valence electrons. The predicted molar refractivity (Wildman–Crippen MR) is 103 cm³/mol. The molecule has 2 atom stereocenters. The number of rotatable bonds is 2. The minimum absolute atomic E-state index is 0.0938. The molecular formula is C19H27ClN4O3. The van der Waals surface area contributed by atoms with E-state index < -0.39 is 5.60 Å². The number of carbonyl (C=O) groups is 2. The zero-order valence-corrected chi connectivity index (χ0v) is 16.8. The van der Waals surface area contributed by atoms with Gasteiger partial charge in [0.25, 0.3) is 0 Å². The first-order valence-corrected chi connectivity index (χ1v) is 9.63. The van der Waals surface area contributed by atoms with E-state index in [9.17, 15) is 9.59 Å². The summed E-state index contributed by atoms with van der Waals surface area (Å²) in [6.45, 7) is 8.12. The third kappa shape index (κ3) is 4.91. The minimum Gasteiger partial charge on any atom is -0.444 e. The van der Waals surface area contributed by atoms with Gasteiger partial charge in [0.2, 0.25) is 5.91 Å². The third-order valence-corrected chi connectivity index (χ3v) is 5.02. The molecule has 2 aliphatic heterocycles. The van der Waals surface area contributed by atoms with Crippen LogP contribution in [-0.2, 0) is 9.53 Å². The van der Waals surface area contributed by atoms with Gasteiger partial charge < -0.3 is 14.5 Å². The summed E-state index contributed by atoms with van der Waals surface area (Å²) in [5.74, 6) is -0.101. The molecule has 0 saturated carbocycles. The Morgan fingerprint density at radius 3 is 2.26 bits per heavy atom. The zero-order valence-electron chi connectivity index (χ0n) is 16.0. The van der Waals surface area contributed by atoms with E-state index in [4.69, 9.17) is 16.3 Å². The highest BCUT2D eigenvalue weighted by molar-refractivity contribution is 6.30. The van der Waals surface area contributed by atoms with E-state index in [0.29, 0.717) is 37.7 Å². The summed E-state index contributed by atoms with van der Waals surface area (Å²) in [5.41, 5.74) is 6.79. The van der Waals surface area contributed by atoms with Gasteiger partial charge >= 0.3 is 6.09 Å². The Morgan fingerprint density at radius 2 is 1.67 bits per heavy atom. The number of piperazine rings is 1. The standard InChI is InChI=1S/C19H27ClN4O3/c1-19(2,3)27-18(26)24-10-8-23(9-11-24)17(25)15-12-21-22-16(15)13-4-6-14(20)7-5-13/h4-7,15-16,21-22H,8-12H2,1-3H3. The minimum atomic E-state index is -0.517. The molecule has 1 aromatic rings. The van der Waals surface area contributed by atoms with E-state index in [1.165, 1.54) is 0 Å². The number of nitrogens with one attached hydrogen (secondary N) is 2. The van der Waals surface area contributed by atoms with Crippen LogP contribution in [0.1, 0.15) is 32.4 Å². The van der Waals surface area contributed by atoms with Crippen LogP contribution in [0.4, 0.5) is 4.79 Å². The van der Waals surface area contributed by atoms with Crippen LogP contribution in [0.25, 0.3) is 0 Å². The molecule has 2 unspecified atom stereocenters. The van der Waals surface area contributed by atoms with Gasteiger partial charge in [-0.2, -0.15) is 0 Å². The summed E-state index contributed by atoms with van der Waals surface area (Å²) in [6.07, 6.45) is -0.321. The molecule has 1 aromatic carbocycles. The van der Waals surface area contributed by atoms with E-state index in [-0.39, 0.29) is 24.0 Å². The Morgan fingerprint density at radius 1 is 1.07 bits per heavy atom. The lowest BCUT2D eigenvalue weighted by Crippen LogP contribution is -2.53. The molecule has 0 aromatic heterocycles. The first-order valence-electron chi connectivity index (χ1n) is 9.25. The van der Waals surface area contributed by atoms with Crippen LogP contribution in [-0.4, -0.2) is 60.1 Å². The lowest BCUT2D eigenvalue weighted by atomic mass is 9.93. The van der Waals surface area contributed by atoms with Gasteiger partial charge in [-0.15, -0.1) is 0 Å². The lowest BCUT2D eigenvalue weighted by molar-refractivity contribution is -0.137. The molecule has 3 rings (SSSR count). The molecule has 2 saturated heterocycles. The molecule has 2 amide bonds. The van der Waals surface area contributed by atoms with Gasteiger partial charge in [-0.25, -0.2) is 10.2 Å². The Labute approximate surface area is 164 Å². The summed E-state index contributed by atoms with van der Waals surface area (Å²) in [5, 5.41) is 0.672. The van der Waals surface area contributed by atoms with Crippen LogP contribution in [0, 0.1) is 5.92 Å². The normalized spacial score (nSPS) is 23.4. The first-order chi connectivity index (χ1) is 12.7. The maximum Gasteiger partial charge on any atom is 0.410 e. The Hall–Kier alpha value is -1.83. The summed E-state index contributed by atoms with van der Waals surface area (Å²) in [6, 6.07) is 7.44. The average Bonchev–Trinajstić information content (AvgIpc) is 3.10. The molecule has 0 spiro atoms. The number of halogens is 1. The fourth-order valence-corrected chi connectivity index (χ4v) is 3.51. The van der Waals surface area contributed by atoms with Crippen LogP contribution in [0.3, 0.4) is 0 Å². The van der Waals surface area contributed by atoms with Gasteiger partial charge in [-0.05, 0) is 38.5 Å². The van der Waals surface area contributed by atoms with Gasteiger partial charge in [0.05, 0.1) is 12.0 Å². The molecule has 0 radical (unpaired) electrons.